The van der Waals surface area contributed by atoms with Crippen LogP contribution < -0.4 is 0 Å². The zero-order valence-electron chi connectivity index (χ0n) is 12.4. The summed E-state index contributed by atoms with van der Waals surface area (Å²) in [5, 5.41) is 0. The van der Waals surface area contributed by atoms with Gasteiger partial charge in [0.2, 0.25) is 0 Å². The fraction of sp³-hybridized carbons (Fsp3) is 0.867. The number of hydrogen-bond acceptors (Lipinski definition) is 4. The van der Waals surface area contributed by atoms with Crippen molar-refractivity contribution in [3.63, 3.8) is 0 Å². The molecule has 1 aliphatic carbocycles. The first kappa shape index (κ1) is 16.0. The molecule has 0 saturated heterocycles. The van der Waals surface area contributed by atoms with Gasteiger partial charge >= 0.3 is 11.9 Å². The molecule has 4 nitrogen and oxygen atoms in total. The van der Waals surface area contributed by atoms with Crippen LogP contribution in [0, 0.1) is 11.3 Å². The second kappa shape index (κ2) is 7.51. The topological polar surface area (TPSA) is 52.6 Å². The minimum Gasteiger partial charge on any atom is -0.465 e. The molecule has 0 bridgehead atoms. The van der Waals surface area contributed by atoms with Gasteiger partial charge in [0.15, 0.2) is 5.41 Å². The van der Waals surface area contributed by atoms with E-state index in [2.05, 4.69) is 6.92 Å². The third-order valence-corrected chi connectivity index (χ3v) is 3.99. The van der Waals surface area contributed by atoms with E-state index in [9.17, 15) is 9.59 Å². The molecule has 0 aromatic carbocycles. The minimum atomic E-state index is -1.06. The van der Waals surface area contributed by atoms with Crippen LogP contribution in [-0.2, 0) is 19.1 Å². The molecule has 0 aliphatic heterocycles. The Labute approximate surface area is 115 Å². The summed E-state index contributed by atoms with van der Waals surface area (Å²) in [6, 6.07) is 0. The van der Waals surface area contributed by atoms with Crippen molar-refractivity contribution in [3.05, 3.63) is 0 Å². The first-order chi connectivity index (χ1) is 9.13. The van der Waals surface area contributed by atoms with Gasteiger partial charge in [-0.15, -0.1) is 0 Å². The molecule has 0 aromatic heterocycles. The van der Waals surface area contributed by atoms with Gasteiger partial charge in [0.1, 0.15) is 0 Å². The first-order valence-electron chi connectivity index (χ1n) is 7.47. The Balaban J connectivity index is 3.06. The summed E-state index contributed by atoms with van der Waals surface area (Å²) in [7, 11) is 0. The molecule has 19 heavy (non-hydrogen) atoms. The third kappa shape index (κ3) is 3.28. The second-order valence-electron chi connectivity index (χ2n) is 5.14. The van der Waals surface area contributed by atoms with E-state index in [0.29, 0.717) is 19.6 Å². The average molecular weight is 270 g/mol. The highest BCUT2D eigenvalue weighted by Gasteiger charge is 2.55. The van der Waals surface area contributed by atoms with Gasteiger partial charge in [-0.1, -0.05) is 26.2 Å². The molecule has 1 aliphatic rings. The number of hydrogen-bond donors (Lipinski definition) is 0. The summed E-state index contributed by atoms with van der Waals surface area (Å²) >= 11 is 0. The second-order valence-corrected chi connectivity index (χ2v) is 5.14. The van der Waals surface area contributed by atoms with Crippen molar-refractivity contribution >= 4 is 11.9 Å². The molecule has 0 unspecified atom stereocenters. The SMILES string of the molecule is CCC[C@H]1CCCCC1(C(=O)OCC)C(=O)OCC. The van der Waals surface area contributed by atoms with Crippen molar-refractivity contribution in [2.24, 2.45) is 11.3 Å². The maximum atomic E-state index is 12.4. The van der Waals surface area contributed by atoms with Gasteiger partial charge in [-0.05, 0) is 39.0 Å². The highest BCUT2D eigenvalue weighted by Crippen LogP contribution is 2.45. The van der Waals surface area contributed by atoms with Crippen LogP contribution in [0.15, 0.2) is 0 Å². The van der Waals surface area contributed by atoms with E-state index in [4.69, 9.17) is 9.47 Å². The lowest BCUT2D eigenvalue weighted by molar-refractivity contribution is -0.180. The lowest BCUT2D eigenvalue weighted by atomic mass is 9.64. The third-order valence-electron chi connectivity index (χ3n) is 3.99. The van der Waals surface area contributed by atoms with E-state index in [1.165, 1.54) is 0 Å². The van der Waals surface area contributed by atoms with Crippen LogP contribution in [0.5, 0.6) is 0 Å². The van der Waals surface area contributed by atoms with E-state index in [1.54, 1.807) is 13.8 Å². The predicted octanol–water partition coefficient (Wildman–Crippen LogP) is 3.09. The normalized spacial score (nSPS) is 21.7. The first-order valence-corrected chi connectivity index (χ1v) is 7.47. The van der Waals surface area contributed by atoms with Gasteiger partial charge in [-0.25, -0.2) is 0 Å². The highest BCUT2D eigenvalue weighted by atomic mass is 16.6. The van der Waals surface area contributed by atoms with Gasteiger partial charge in [-0.3, -0.25) is 9.59 Å². The summed E-state index contributed by atoms with van der Waals surface area (Å²) < 4.78 is 10.4. The number of carbonyl (C=O) groups is 2. The summed E-state index contributed by atoms with van der Waals surface area (Å²) in [6.45, 7) is 6.23. The number of carbonyl (C=O) groups excluding carboxylic acids is 2. The van der Waals surface area contributed by atoms with Gasteiger partial charge in [0.05, 0.1) is 13.2 Å². The molecule has 0 radical (unpaired) electrons. The molecule has 110 valence electrons. The van der Waals surface area contributed by atoms with E-state index >= 15 is 0 Å². The zero-order valence-corrected chi connectivity index (χ0v) is 12.4. The number of esters is 2. The van der Waals surface area contributed by atoms with E-state index in [1.807, 2.05) is 0 Å². The molecule has 0 N–H and O–H groups in total. The minimum absolute atomic E-state index is 0.0596. The lowest BCUT2D eigenvalue weighted by Gasteiger charge is -2.39. The number of ether oxygens (including phenoxy) is 2. The monoisotopic (exact) mass is 270 g/mol. The van der Waals surface area contributed by atoms with Crippen molar-refractivity contribution in [2.75, 3.05) is 13.2 Å². The maximum Gasteiger partial charge on any atom is 0.323 e. The Morgan fingerprint density at radius 2 is 1.63 bits per heavy atom. The molecule has 1 rings (SSSR count). The lowest BCUT2D eigenvalue weighted by Crippen LogP contribution is -2.49. The quantitative estimate of drug-likeness (QED) is 0.550. The fourth-order valence-electron chi connectivity index (χ4n) is 3.12. The molecule has 0 heterocycles. The summed E-state index contributed by atoms with van der Waals surface area (Å²) in [6.07, 6.45) is 5.27. The van der Waals surface area contributed by atoms with Gasteiger partial charge in [0.25, 0.3) is 0 Å². The van der Waals surface area contributed by atoms with Crippen molar-refractivity contribution < 1.29 is 19.1 Å². The van der Waals surface area contributed by atoms with E-state index < -0.39 is 5.41 Å². The van der Waals surface area contributed by atoms with Crippen molar-refractivity contribution in [1.82, 2.24) is 0 Å². The predicted molar refractivity (Wildman–Crippen MR) is 72.6 cm³/mol. The molecule has 1 saturated carbocycles. The molecule has 0 amide bonds. The van der Waals surface area contributed by atoms with E-state index in [-0.39, 0.29) is 17.9 Å². The van der Waals surface area contributed by atoms with Gasteiger partial charge in [-0.2, -0.15) is 0 Å². The molecular formula is C15H26O4. The summed E-state index contributed by atoms with van der Waals surface area (Å²) in [5.74, 6) is -0.706. The van der Waals surface area contributed by atoms with Crippen LogP contribution >= 0.6 is 0 Å². The highest BCUT2D eigenvalue weighted by molar-refractivity contribution is 6.00. The molecule has 0 aromatic rings. The van der Waals surface area contributed by atoms with Crippen LogP contribution in [0.4, 0.5) is 0 Å². The average Bonchev–Trinajstić information content (AvgIpc) is 2.40. The fourth-order valence-corrected chi connectivity index (χ4v) is 3.12. The molecule has 1 atom stereocenters. The number of rotatable bonds is 6. The van der Waals surface area contributed by atoms with Crippen LogP contribution in [0.3, 0.4) is 0 Å². The smallest absolute Gasteiger partial charge is 0.323 e. The zero-order chi connectivity index (χ0) is 14.3. The van der Waals surface area contributed by atoms with Gasteiger partial charge in [0, 0.05) is 0 Å². The maximum absolute atomic E-state index is 12.4. The largest absolute Gasteiger partial charge is 0.465 e. The van der Waals surface area contributed by atoms with Crippen molar-refractivity contribution in [1.29, 1.82) is 0 Å². The van der Waals surface area contributed by atoms with Crippen molar-refractivity contribution in [3.8, 4) is 0 Å². The van der Waals surface area contributed by atoms with Crippen LogP contribution in [-0.4, -0.2) is 25.2 Å². The summed E-state index contributed by atoms with van der Waals surface area (Å²) in [4.78, 5) is 24.8. The Kier molecular flexibility index (Phi) is 6.32. The molecule has 0 spiro atoms. The van der Waals surface area contributed by atoms with Crippen LogP contribution in [0.1, 0.15) is 59.3 Å². The molecular weight excluding hydrogens is 244 g/mol. The Morgan fingerprint density at radius 1 is 1.05 bits per heavy atom. The van der Waals surface area contributed by atoms with Gasteiger partial charge < -0.3 is 9.47 Å². The Morgan fingerprint density at radius 3 is 2.11 bits per heavy atom. The Bertz CT molecular complexity index is 291. The van der Waals surface area contributed by atoms with E-state index in [0.717, 1.165) is 32.1 Å². The molecule has 1 fully saturated rings. The standard InChI is InChI=1S/C15H26O4/c1-4-9-12-10-7-8-11-15(12,13(16)18-5-2)14(17)19-6-3/h12H,4-11H2,1-3H3/t12-/m0/s1. The van der Waals surface area contributed by atoms with Crippen LogP contribution in [0.2, 0.25) is 0 Å². The van der Waals surface area contributed by atoms with Crippen LogP contribution in [0.25, 0.3) is 0 Å². The summed E-state index contributed by atoms with van der Waals surface area (Å²) in [5.41, 5.74) is -1.06. The Hall–Kier alpha value is -1.06. The molecule has 4 heteroatoms. The van der Waals surface area contributed by atoms with Crippen molar-refractivity contribution in [2.45, 2.75) is 59.3 Å².